The van der Waals surface area contributed by atoms with Gasteiger partial charge in [0.05, 0.1) is 0 Å². The van der Waals surface area contributed by atoms with E-state index in [1.165, 1.54) is 0 Å². The molecule has 1 saturated heterocycles. The molecule has 1 spiro atoms. The van der Waals surface area contributed by atoms with Crippen LogP contribution < -0.4 is 10.6 Å². The van der Waals surface area contributed by atoms with Crippen molar-refractivity contribution >= 4 is 12.0 Å². The average Bonchev–Trinajstić information content (AvgIpc) is 2.75. The van der Waals surface area contributed by atoms with Gasteiger partial charge in [-0.05, 0) is 41.0 Å². The van der Waals surface area contributed by atoms with Gasteiger partial charge in [-0.2, -0.15) is 0 Å². The lowest BCUT2D eigenvalue weighted by atomic mass is 10.1. The van der Waals surface area contributed by atoms with E-state index in [1.807, 2.05) is 13.8 Å². The highest BCUT2D eigenvalue weighted by molar-refractivity contribution is 5.79. The number of nitrogens with one attached hydrogen (secondary N) is 2. The second kappa shape index (κ2) is 6.28. The first-order chi connectivity index (χ1) is 10.5. The molecule has 0 aromatic heterocycles. The zero-order valence-corrected chi connectivity index (χ0v) is 14.7. The predicted octanol–water partition coefficient (Wildman–Crippen LogP) is 1.91. The van der Waals surface area contributed by atoms with Gasteiger partial charge in [0.15, 0.2) is 11.6 Å². The number of hydrogen-bond donors (Lipinski definition) is 2. The first-order valence-electron chi connectivity index (χ1n) is 8.15. The molecule has 0 aromatic carbocycles. The molecule has 1 atom stereocenters. The van der Waals surface area contributed by atoms with Crippen molar-refractivity contribution in [1.29, 1.82) is 0 Å². The molecule has 2 aliphatic rings. The van der Waals surface area contributed by atoms with E-state index in [0.717, 1.165) is 12.8 Å². The van der Waals surface area contributed by atoms with Crippen LogP contribution in [0.15, 0.2) is 0 Å². The van der Waals surface area contributed by atoms with Crippen molar-refractivity contribution in [2.24, 2.45) is 5.92 Å². The molecule has 0 aromatic rings. The fourth-order valence-electron chi connectivity index (χ4n) is 3.10. The van der Waals surface area contributed by atoms with Crippen molar-refractivity contribution in [3.63, 3.8) is 0 Å². The number of rotatable bonds is 4. The fourth-order valence-corrected chi connectivity index (χ4v) is 3.10. The topological polar surface area (TPSA) is 85.9 Å². The molecule has 2 N–H and O–H groups in total. The Morgan fingerprint density at radius 1 is 1.17 bits per heavy atom. The van der Waals surface area contributed by atoms with Gasteiger partial charge < -0.3 is 24.8 Å². The summed E-state index contributed by atoms with van der Waals surface area (Å²) in [5, 5.41) is 5.44. The lowest BCUT2D eigenvalue weighted by molar-refractivity contribution is -0.495. The maximum Gasteiger partial charge on any atom is 0.407 e. The summed E-state index contributed by atoms with van der Waals surface area (Å²) < 4.78 is 16.7. The summed E-state index contributed by atoms with van der Waals surface area (Å²) in [6.07, 6.45) is 1.60. The Kier molecular flexibility index (Phi) is 4.92. The molecule has 1 aliphatic heterocycles. The van der Waals surface area contributed by atoms with E-state index >= 15 is 0 Å². The van der Waals surface area contributed by atoms with Crippen LogP contribution in [-0.2, 0) is 19.0 Å². The van der Waals surface area contributed by atoms with Gasteiger partial charge in [0.2, 0.25) is 5.91 Å². The normalized spacial score (nSPS) is 24.8. The smallest absolute Gasteiger partial charge is 0.407 e. The van der Waals surface area contributed by atoms with E-state index in [4.69, 9.17) is 14.2 Å². The van der Waals surface area contributed by atoms with Crippen LogP contribution in [-0.4, -0.2) is 42.3 Å². The van der Waals surface area contributed by atoms with Crippen molar-refractivity contribution in [3.05, 3.63) is 0 Å². The van der Waals surface area contributed by atoms with Gasteiger partial charge in [-0.25, -0.2) is 4.79 Å². The van der Waals surface area contributed by atoms with Crippen LogP contribution in [0.25, 0.3) is 0 Å². The van der Waals surface area contributed by atoms with Gasteiger partial charge in [-0.3, -0.25) is 4.79 Å². The summed E-state index contributed by atoms with van der Waals surface area (Å²) in [6, 6.07) is 0. The largest absolute Gasteiger partial charge is 0.444 e. The van der Waals surface area contributed by atoms with Gasteiger partial charge in [0.1, 0.15) is 5.60 Å². The van der Waals surface area contributed by atoms with Crippen molar-refractivity contribution in [1.82, 2.24) is 10.6 Å². The highest BCUT2D eigenvalue weighted by Crippen LogP contribution is 2.50. The van der Waals surface area contributed by atoms with E-state index in [0.29, 0.717) is 19.5 Å². The molecule has 0 radical (unpaired) electrons. The first kappa shape index (κ1) is 18.0. The van der Waals surface area contributed by atoms with Gasteiger partial charge >= 0.3 is 6.09 Å². The van der Waals surface area contributed by atoms with Gasteiger partial charge in [0, 0.05) is 31.8 Å². The zero-order chi connectivity index (χ0) is 17.3. The Hall–Kier alpha value is -1.34. The highest BCUT2D eigenvalue weighted by Gasteiger charge is 2.56. The van der Waals surface area contributed by atoms with Crippen molar-refractivity contribution in [3.8, 4) is 0 Å². The highest BCUT2D eigenvalue weighted by atomic mass is 16.9. The van der Waals surface area contributed by atoms with Crippen LogP contribution in [0.1, 0.15) is 53.9 Å². The quantitative estimate of drug-likeness (QED) is 0.770. The number of carbonyl (C=O) groups excluding carboxylic acids is 2. The molecule has 2 amide bonds. The molecule has 1 saturated carbocycles. The van der Waals surface area contributed by atoms with Crippen molar-refractivity contribution in [2.75, 3.05) is 13.1 Å². The number of ether oxygens (including phenoxy) is 3. The number of amides is 2. The molecule has 0 bridgehead atoms. The summed E-state index contributed by atoms with van der Waals surface area (Å²) in [7, 11) is 0. The third kappa shape index (κ3) is 5.07. The summed E-state index contributed by atoms with van der Waals surface area (Å²) in [6.45, 7) is 9.85. The number of alkyl carbamates (subject to hydrolysis) is 1. The molecular weight excluding hydrogens is 300 g/mol. The van der Waals surface area contributed by atoms with Crippen LogP contribution in [0.4, 0.5) is 4.79 Å². The van der Waals surface area contributed by atoms with Crippen LogP contribution >= 0.6 is 0 Å². The molecule has 0 unspecified atom stereocenters. The fraction of sp³-hybridized carbons (Fsp3) is 0.875. The molecule has 1 heterocycles. The van der Waals surface area contributed by atoms with Gasteiger partial charge in [0.25, 0.3) is 0 Å². The molecule has 132 valence electrons. The zero-order valence-electron chi connectivity index (χ0n) is 14.7. The summed E-state index contributed by atoms with van der Waals surface area (Å²) in [5.74, 6) is -1.24. The summed E-state index contributed by atoms with van der Waals surface area (Å²) >= 11 is 0. The number of hydrogen-bond acceptors (Lipinski definition) is 5. The third-order valence-corrected chi connectivity index (χ3v) is 3.76. The molecule has 23 heavy (non-hydrogen) atoms. The Morgan fingerprint density at radius 3 is 2.35 bits per heavy atom. The first-order valence-corrected chi connectivity index (χ1v) is 8.15. The molecule has 1 aliphatic carbocycles. The van der Waals surface area contributed by atoms with E-state index in [9.17, 15) is 9.59 Å². The van der Waals surface area contributed by atoms with Crippen LogP contribution in [0, 0.1) is 5.92 Å². The molecule has 7 nitrogen and oxygen atoms in total. The van der Waals surface area contributed by atoms with Crippen LogP contribution in [0.5, 0.6) is 0 Å². The Bertz CT molecular complexity index is 462. The van der Waals surface area contributed by atoms with E-state index < -0.39 is 23.3 Å². The van der Waals surface area contributed by atoms with Gasteiger partial charge in [-0.1, -0.05) is 0 Å². The minimum absolute atomic E-state index is 0.0234. The molecule has 2 fully saturated rings. The molecular formula is C16H28N2O5. The second-order valence-corrected chi connectivity index (χ2v) is 7.67. The number of carbonyl (C=O) groups is 2. The van der Waals surface area contributed by atoms with E-state index in [2.05, 4.69) is 10.6 Å². The summed E-state index contributed by atoms with van der Waals surface area (Å²) in [4.78, 5) is 23.6. The van der Waals surface area contributed by atoms with Crippen molar-refractivity contribution in [2.45, 2.75) is 71.1 Å². The van der Waals surface area contributed by atoms with E-state index in [-0.39, 0.29) is 11.8 Å². The Balaban J connectivity index is 1.62. The predicted molar refractivity (Wildman–Crippen MR) is 83.6 cm³/mol. The lowest BCUT2D eigenvalue weighted by Crippen LogP contribution is -2.58. The maximum absolute atomic E-state index is 12.1. The SMILES string of the molecule is CC(C)(C)OC(=O)NCCNC(=O)[C@@H]1CCC2(C1)OC(C)(C)O2. The van der Waals surface area contributed by atoms with E-state index in [1.54, 1.807) is 20.8 Å². The maximum atomic E-state index is 12.1. The standard InChI is InChI=1S/C16H28N2O5/c1-14(2,3)21-13(20)18-9-8-17-12(19)11-6-7-16(10-11)22-15(4,5)23-16/h11H,6-10H2,1-5H3,(H,17,19)(H,18,20)/t11-/m1/s1. The van der Waals surface area contributed by atoms with Gasteiger partial charge in [-0.15, -0.1) is 0 Å². The lowest BCUT2D eigenvalue weighted by Gasteiger charge is -2.51. The van der Waals surface area contributed by atoms with Crippen LogP contribution in [0.3, 0.4) is 0 Å². The van der Waals surface area contributed by atoms with Crippen molar-refractivity contribution < 1.29 is 23.8 Å². The minimum Gasteiger partial charge on any atom is -0.444 e. The minimum atomic E-state index is -0.569. The Morgan fingerprint density at radius 2 is 1.78 bits per heavy atom. The Labute approximate surface area is 137 Å². The average molecular weight is 328 g/mol. The molecule has 2 rings (SSSR count). The third-order valence-electron chi connectivity index (χ3n) is 3.76. The monoisotopic (exact) mass is 328 g/mol. The second-order valence-electron chi connectivity index (χ2n) is 7.67. The van der Waals surface area contributed by atoms with Crippen LogP contribution in [0.2, 0.25) is 0 Å². The molecule has 7 heteroatoms. The summed E-state index contributed by atoms with van der Waals surface area (Å²) in [5.41, 5.74) is -0.526.